The number of aryl methyl sites for hydroxylation is 1. The lowest BCUT2D eigenvalue weighted by atomic mass is 9.91. The number of carbonyl (C=O) groups excluding carboxylic acids is 1. The van der Waals surface area contributed by atoms with Gasteiger partial charge >= 0.3 is 5.97 Å². The third-order valence-electron chi connectivity index (χ3n) is 3.57. The van der Waals surface area contributed by atoms with Crippen molar-refractivity contribution in [2.24, 2.45) is 11.8 Å². The molecule has 0 saturated carbocycles. The van der Waals surface area contributed by atoms with Crippen LogP contribution in [0.1, 0.15) is 25.8 Å². The lowest BCUT2D eigenvalue weighted by Crippen LogP contribution is -2.16. The Labute approximate surface area is 96.6 Å². The normalized spacial score (nSPS) is 29.1. The Hall–Kier alpha value is -1.31. The molecule has 0 unspecified atom stereocenters. The number of benzene rings is 1. The Bertz CT molecular complexity index is 358. The van der Waals surface area contributed by atoms with Crippen LogP contribution in [0, 0.1) is 11.8 Å². The van der Waals surface area contributed by atoms with Crippen LogP contribution in [0.4, 0.5) is 0 Å². The van der Waals surface area contributed by atoms with Crippen molar-refractivity contribution in [2.75, 3.05) is 0 Å². The molecule has 0 amide bonds. The molecular formula is C14H18O2. The molecule has 3 atom stereocenters. The maximum absolute atomic E-state index is 11.4. The van der Waals surface area contributed by atoms with Gasteiger partial charge in [-0.1, -0.05) is 44.2 Å². The molecule has 0 bridgehead atoms. The Balaban J connectivity index is 1.90. The van der Waals surface area contributed by atoms with E-state index >= 15 is 0 Å². The summed E-state index contributed by atoms with van der Waals surface area (Å²) >= 11 is 0. The number of esters is 1. The second-order valence-electron chi connectivity index (χ2n) is 4.65. The third-order valence-corrected chi connectivity index (χ3v) is 3.57. The number of ether oxygens (including phenoxy) is 1. The Kier molecular flexibility index (Phi) is 3.28. The largest absolute Gasteiger partial charge is 0.462 e. The molecule has 1 aliphatic heterocycles. The number of carbonyl (C=O) groups is 1. The molecule has 16 heavy (non-hydrogen) atoms. The van der Waals surface area contributed by atoms with Crippen molar-refractivity contribution in [3.63, 3.8) is 0 Å². The van der Waals surface area contributed by atoms with Crippen molar-refractivity contribution in [1.29, 1.82) is 0 Å². The summed E-state index contributed by atoms with van der Waals surface area (Å²) in [4.78, 5) is 11.4. The number of rotatable bonds is 3. The number of hydrogen-bond donors (Lipinski definition) is 0. The highest BCUT2D eigenvalue weighted by molar-refractivity contribution is 5.74. The van der Waals surface area contributed by atoms with E-state index < -0.39 is 0 Å². The molecular weight excluding hydrogens is 200 g/mol. The molecule has 0 spiro atoms. The molecule has 1 aromatic carbocycles. The molecule has 1 fully saturated rings. The van der Waals surface area contributed by atoms with E-state index in [1.165, 1.54) is 5.56 Å². The first kappa shape index (κ1) is 11.2. The van der Waals surface area contributed by atoms with Crippen molar-refractivity contribution >= 4 is 5.97 Å². The summed E-state index contributed by atoms with van der Waals surface area (Å²) in [7, 11) is 0. The second-order valence-corrected chi connectivity index (χ2v) is 4.65. The van der Waals surface area contributed by atoms with Crippen molar-refractivity contribution in [3.8, 4) is 0 Å². The van der Waals surface area contributed by atoms with Gasteiger partial charge in [0, 0.05) is 5.92 Å². The van der Waals surface area contributed by atoms with Gasteiger partial charge in [0.05, 0.1) is 5.92 Å². The van der Waals surface area contributed by atoms with Crippen molar-refractivity contribution < 1.29 is 9.53 Å². The Morgan fingerprint density at radius 3 is 2.44 bits per heavy atom. The second kappa shape index (κ2) is 4.69. The van der Waals surface area contributed by atoms with Crippen LogP contribution < -0.4 is 0 Å². The molecule has 1 saturated heterocycles. The van der Waals surface area contributed by atoms with Crippen LogP contribution in [-0.4, -0.2) is 12.1 Å². The molecule has 2 heteroatoms. The van der Waals surface area contributed by atoms with Gasteiger partial charge in [-0.15, -0.1) is 0 Å². The molecule has 1 aliphatic rings. The molecule has 0 aromatic heterocycles. The standard InChI is InChI=1S/C14H18O2/c1-10-11(2)14(15)16-13(10)9-8-12-6-4-3-5-7-12/h3-7,10-11,13H,8-9H2,1-2H3/t10-,11+,13+/m0/s1. The van der Waals surface area contributed by atoms with E-state index in [9.17, 15) is 4.79 Å². The van der Waals surface area contributed by atoms with Gasteiger partial charge in [0.25, 0.3) is 0 Å². The summed E-state index contributed by atoms with van der Waals surface area (Å²) in [6.07, 6.45) is 2.01. The van der Waals surface area contributed by atoms with E-state index in [0.717, 1.165) is 12.8 Å². The van der Waals surface area contributed by atoms with E-state index in [-0.39, 0.29) is 18.0 Å². The molecule has 2 nitrogen and oxygen atoms in total. The minimum Gasteiger partial charge on any atom is -0.462 e. The summed E-state index contributed by atoms with van der Waals surface area (Å²) < 4.78 is 5.37. The number of cyclic esters (lactones) is 1. The highest BCUT2D eigenvalue weighted by atomic mass is 16.6. The van der Waals surface area contributed by atoms with Gasteiger partial charge in [-0.2, -0.15) is 0 Å². The summed E-state index contributed by atoms with van der Waals surface area (Å²) in [6, 6.07) is 10.3. The first-order chi connectivity index (χ1) is 7.68. The van der Waals surface area contributed by atoms with E-state index in [1.54, 1.807) is 0 Å². The molecule has 0 aliphatic carbocycles. The summed E-state index contributed by atoms with van der Waals surface area (Å²) in [6.45, 7) is 4.06. The SMILES string of the molecule is C[C@@H]1[C@@H](CCc2ccccc2)OC(=O)[C@@H]1C. The quantitative estimate of drug-likeness (QED) is 0.729. The van der Waals surface area contributed by atoms with Crippen LogP contribution in [0.15, 0.2) is 30.3 Å². The predicted octanol–water partition coefficient (Wildman–Crippen LogP) is 2.82. The average Bonchev–Trinajstić information content (AvgIpc) is 2.56. The summed E-state index contributed by atoms with van der Waals surface area (Å²) in [5.41, 5.74) is 1.31. The third kappa shape index (κ3) is 2.26. The van der Waals surface area contributed by atoms with Crippen LogP contribution in [-0.2, 0) is 16.0 Å². The Morgan fingerprint density at radius 2 is 1.88 bits per heavy atom. The van der Waals surface area contributed by atoms with Crippen LogP contribution >= 0.6 is 0 Å². The minimum absolute atomic E-state index is 0.0365. The van der Waals surface area contributed by atoms with E-state index in [1.807, 2.05) is 25.1 Å². The lowest BCUT2D eigenvalue weighted by Gasteiger charge is -2.14. The van der Waals surface area contributed by atoms with Crippen LogP contribution in [0.3, 0.4) is 0 Å². The molecule has 1 aromatic rings. The fourth-order valence-corrected chi connectivity index (χ4v) is 2.18. The lowest BCUT2D eigenvalue weighted by molar-refractivity contribution is -0.144. The first-order valence-corrected chi connectivity index (χ1v) is 5.93. The molecule has 0 radical (unpaired) electrons. The molecule has 86 valence electrons. The zero-order valence-electron chi connectivity index (χ0n) is 9.85. The maximum Gasteiger partial charge on any atom is 0.309 e. The topological polar surface area (TPSA) is 26.3 Å². The van der Waals surface area contributed by atoms with E-state index in [4.69, 9.17) is 4.74 Å². The van der Waals surface area contributed by atoms with Crippen LogP contribution in [0.5, 0.6) is 0 Å². The minimum atomic E-state index is -0.0365. The molecule has 2 rings (SSSR count). The van der Waals surface area contributed by atoms with Gasteiger partial charge in [0.2, 0.25) is 0 Å². The smallest absolute Gasteiger partial charge is 0.309 e. The van der Waals surface area contributed by atoms with Gasteiger partial charge in [-0.05, 0) is 18.4 Å². The fraction of sp³-hybridized carbons (Fsp3) is 0.500. The summed E-state index contributed by atoms with van der Waals surface area (Å²) in [5, 5.41) is 0. The zero-order chi connectivity index (χ0) is 11.5. The molecule has 1 heterocycles. The van der Waals surface area contributed by atoms with Crippen molar-refractivity contribution in [3.05, 3.63) is 35.9 Å². The fourth-order valence-electron chi connectivity index (χ4n) is 2.18. The first-order valence-electron chi connectivity index (χ1n) is 5.93. The van der Waals surface area contributed by atoms with Gasteiger partial charge in [0.1, 0.15) is 6.10 Å². The van der Waals surface area contributed by atoms with Crippen molar-refractivity contribution in [2.45, 2.75) is 32.8 Å². The van der Waals surface area contributed by atoms with Gasteiger partial charge in [-0.3, -0.25) is 4.79 Å². The van der Waals surface area contributed by atoms with Crippen molar-refractivity contribution in [1.82, 2.24) is 0 Å². The molecule has 0 N–H and O–H groups in total. The van der Waals surface area contributed by atoms with E-state index in [0.29, 0.717) is 5.92 Å². The van der Waals surface area contributed by atoms with Gasteiger partial charge in [-0.25, -0.2) is 0 Å². The van der Waals surface area contributed by atoms with Gasteiger partial charge < -0.3 is 4.74 Å². The van der Waals surface area contributed by atoms with Crippen LogP contribution in [0.25, 0.3) is 0 Å². The maximum atomic E-state index is 11.4. The van der Waals surface area contributed by atoms with Crippen LogP contribution in [0.2, 0.25) is 0 Å². The average molecular weight is 218 g/mol. The highest BCUT2D eigenvalue weighted by Crippen LogP contribution is 2.30. The summed E-state index contributed by atoms with van der Waals surface area (Å²) in [5.74, 6) is 0.363. The Morgan fingerprint density at radius 1 is 1.19 bits per heavy atom. The van der Waals surface area contributed by atoms with Gasteiger partial charge in [0.15, 0.2) is 0 Å². The zero-order valence-corrected chi connectivity index (χ0v) is 9.85. The monoisotopic (exact) mass is 218 g/mol. The highest BCUT2D eigenvalue weighted by Gasteiger charge is 2.37. The number of hydrogen-bond acceptors (Lipinski definition) is 2. The van der Waals surface area contributed by atoms with E-state index in [2.05, 4.69) is 19.1 Å². The predicted molar refractivity (Wildman–Crippen MR) is 63.0 cm³/mol.